The van der Waals surface area contributed by atoms with Crippen molar-refractivity contribution in [3.63, 3.8) is 0 Å². The van der Waals surface area contributed by atoms with Crippen molar-refractivity contribution < 1.29 is 5.11 Å². The molecule has 0 unspecified atom stereocenters. The van der Waals surface area contributed by atoms with Crippen LogP contribution in [0.1, 0.15) is 24.3 Å². The number of hydrogen-bond acceptors (Lipinski definition) is 2. The molecule has 1 heterocycles. The predicted molar refractivity (Wildman–Crippen MR) is 44.7 cm³/mol. The quantitative estimate of drug-likeness (QED) is 0.697. The average Bonchev–Trinajstić information content (AvgIpc) is 2.30. The van der Waals surface area contributed by atoms with Crippen LogP contribution in [-0.2, 0) is 12.8 Å². The second-order valence-corrected chi connectivity index (χ2v) is 3.19. The van der Waals surface area contributed by atoms with Gasteiger partial charge < -0.3 is 5.11 Å². The fraction of sp³-hybridized carbons (Fsp3) is 0.500. The minimum atomic E-state index is 0.476. The molecule has 0 fully saturated rings. The molecule has 0 radical (unpaired) electrons. The topological polar surface area (TPSA) is 20.2 Å². The van der Waals surface area contributed by atoms with Crippen LogP contribution in [0.3, 0.4) is 0 Å². The van der Waals surface area contributed by atoms with Crippen LogP contribution < -0.4 is 0 Å². The van der Waals surface area contributed by atoms with E-state index in [0.717, 1.165) is 18.4 Å². The van der Waals surface area contributed by atoms with Crippen LogP contribution in [0.2, 0.25) is 0 Å². The van der Waals surface area contributed by atoms with Gasteiger partial charge in [0.2, 0.25) is 0 Å². The Morgan fingerprint density at radius 2 is 2.10 bits per heavy atom. The minimum Gasteiger partial charge on any atom is -0.507 e. The summed E-state index contributed by atoms with van der Waals surface area (Å²) in [5.74, 6) is 0.476. The lowest BCUT2D eigenvalue weighted by molar-refractivity contribution is 0.471. The first-order valence-electron chi connectivity index (χ1n) is 3.57. The molecule has 1 nitrogen and oxygen atoms in total. The van der Waals surface area contributed by atoms with Crippen molar-refractivity contribution in [1.29, 1.82) is 0 Å². The van der Waals surface area contributed by atoms with Gasteiger partial charge >= 0.3 is 0 Å². The maximum Gasteiger partial charge on any atom is 0.129 e. The molecule has 1 aromatic heterocycles. The summed E-state index contributed by atoms with van der Waals surface area (Å²) >= 11 is 1.65. The Balaban J connectivity index is 3.01. The first-order valence-corrected chi connectivity index (χ1v) is 4.45. The van der Waals surface area contributed by atoms with Crippen LogP contribution in [0.15, 0.2) is 5.38 Å². The predicted octanol–water partition coefficient (Wildman–Crippen LogP) is 2.58. The van der Waals surface area contributed by atoms with E-state index in [4.69, 9.17) is 0 Å². The second kappa shape index (κ2) is 3.06. The molecule has 1 N–H and O–H groups in total. The van der Waals surface area contributed by atoms with E-state index in [0.29, 0.717) is 5.75 Å². The van der Waals surface area contributed by atoms with Gasteiger partial charge in [-0.1, -0.05) is 13.8 Å². The Labute approximate surface area is 65.3 Å². The van der Waals surface area contributed by atoms with Gasteiger partial charge in [0.1, 0.15) is 5.75 Å². The summed E-state index contributed by atoms with van der Waals surface area (Å²) in [6.07, 6.45) is 1.98. The first-order chi connectivity index (χ1) is 4.79. The maximum absolute atomic E-state index is 9.27. The third kappa shape index (κ3) is 1.16. The smallest absolute Gasteiger partial charge is 0.129 e. The van der Waals surface area contributed by atoms with Crippen molar-refractivity contribution in [3.8, 4) is 5.75 Å². The molecule has 10 heavy (non-hydrogen) atoms. The SMILES string of the molecule is CCc1scc(O)c1CC. The van der Waals surface area contributed by atoms with Gasteiger partial charge in [-0.15, -0.1) is 11.3 Å². The molecule has 1 rings (SSSR count). The van der Waals surface area contributed by atoms with Gasteiger partial charge in [-0.25, -0.2) is 0 Å². The highest BCUT2D eigenvalue weighted by Gasteiger charge is 2.05. The minimum absolute atomic E-state index is 0.476. The van der Waals surface area contributed by atoms with E-state index in [1.54, 1.807) is 11.3 Å². The highest BCUT2D eigenvalue weighted by molar-refractivity contribution is 7.10. The number of hydrogen-bond donors (Lipinski definition) is 1. The van der Waals surface area contributed by atoms with Crippen LogP contribution in [0.4, 0.5) is 0 Å². The van der Waals surface area contributed by atoms with Gasteiger partial charge in [0, 0.05) is 15.8 Å². The monoisotopic (exact) mass is 156 g/mol. The van der Waals surface area contributed by atoms with Crippen molar-refractivity contribution in [2.75, 3.05) is 0 Å². The maximum atomic E-state index is 9.27. The van der Waals surface area contributed by atoms with E-state index in [1.165, 1.54) is 4.88 Å². The highest BCUT2D eigenvalue weighted by atomic mass is 32.1. The lowest BCUT2D eigenvalue weighted by atomic mass is 10.1. The molecule has 0 saturated carbocycles. The molecule has 0 saturated heterocycles. The molecule has 0 spiro atoms. The highest BCUT2D eigenvalue weighted by Crippen LogP contribution is 2.28. The standard InChI is InChI=1S/C8H12OS/c1-3-6-7(9)5-10-8(6)4-2/h5,9H,3-4H2,1-2H3. The Morgan fingerprint density at radius 3 is 2.50 bits per heavy atom. The molecular weight excluding hydrogens is 144 g/mol. The summed E-state index contributed by atoms with van der Waals surface area (Å²) in [6.45, 7) is 4.19. The van der Waals surface area contributed by atoms with Crippen molar-refractivity contribution in [2.45, 2.75) is 26.7 Å². The molecule has 1 aromatic rings. The van der Waals surface area contributed by atoms with Crippen LogP contribution >= 0.6 is 11.3 Å². The summed E-state index contributed by atoms with van der Waals surface area (Å²) in [5, 5.41) is 11.1. The largest absolute Gasteiger partial charge is 0.507 e. The number of rotatable bonds is 2. The summed E-state index contributed by atoms with van der Waals surface area (Å²) < 4.78 is 0. The zero-order valence-corrected chi connectivity index (χ0v) is 7.16. The van der Waals surface area contributed by atoms with Gasteiger partial charge in [0.05, 0.1) is 0 Å². The summed E-state index contributed by atoms with van der Waals surface area (Å²) in [6, 6.07) is 0. The summed E-state index contributed by atoms with van der Waals surface area (Å²) in [4.78, 5) is 1.32. The van der Waals surface area contributed by atoms with E-state index in [9.17, 15) is 5.11 Å². The Morgan fingerprint density at radius 1 is 1.40 bits per heavy atom. The fourth-order valence-electron chi connectivity index (χ4n) is 1.09. The molecule has 0 bridgehead atoms. The van der Waals surface area contributed by atoms with Crippen molar-refractivity contribution in [3.05, 3.63) is 15.8 Å². The van der Waals surface area contributed by atoms with Gasteiger partial charge in [-0.3, -0.25) is 0 Å². The van der Waals surface area contributed by atoms with E-state index in [2.05, 4.69) is 13.8 Å². The Hall–Kier alpha value is -0.500. The van der Waals surface area contributed by atoms with Gasteiger partial charge in [0.15, 0.2) is 0 Å². The Kier molecular flexibility index (Phi) is 2.33. The molecule has 0 aliphatic carbocycles. The van der Waals surface area contributed by atoms with E-state index >= 15 is 0 Å². The summed E-state index contributed by atoms with van der Waals surface area (Å²) in [5.41, 5.74) is 1.13. The Bertz CT molecular complexity index is 215. The van der Waals surface area contributed by atoms with Gasteiger partial charge in [0.25, 0.3) is 0 Å². The lowest BCUT2D eigenvalue weighted by Gasteiger charge is -1.95. The van der Waals surface area contributed by atoms with Crippen LogP contribution in [-0.4, -0.2) is 5.11 Å². The summed E-state index contributed by atoms with van der Waals surface area (Å²) in [7, 11) is 0. The molecule has 0 aliphatic rings. The van der Waals surface area contributed by atoms with Crippen molar-refractivity contribution in [2.24, 2.45) is 0 Å². The third-order valence-corrected chi connectivity index (χ3v) is 2.79. The molecule has 0 atom stereocenters. The average molecular weight is 156 g/mol. The van der Waals surface area contributed by atoms with Crippen molar-refractivity contribution >= 4 is 11.3 Å². The number of aromatic hydroxyl groups is 1. The number of aryl methyl sites for hydroxylation is 1. The fourth-order valence-corrected chi connectivity index (χ4v) is 2.04. The second-order valence-electron chi connectivity index (χ2n) is 2.23. The van der Waals surface area contributed by atoms with E-state index in [-0.39, 0.29) is 0 Å². The zero-order valence-electron chi connectivity index (χ0n) is 6.35. The zero-order chi connectivity index (χ0) is 7.56. The van der Waals surface area contributed by atoms with Crippen LogP contribution in [0.5, 0.6) is 5.75 Å². The first kappa shape index (κ1) is 7.61. The normalized spacial score (nSPS) is 10.2. The van der Waals surface area contributed by atoms with E-state index in [1.807, 2.05) is 5.38 Å². The molecule has 0 amide bonds. The van der Waals surface area contributed by atoms with Gasteiger partial charge in [-0.05, 0) is 12.8 Å². The molecule has 56 valence electrons. The van der Waals surface area contributed by atoms with Crippen LogP contribution in [0, 0.1) is 0 Å². The van der Waals surface area contributed by atoms with Gasteiger partial charge in [-0.2, -0.15) is 0 Å². The molecule has 0 aromatic carbocycles. The molecular formula is C8H12OS. The lowest BCUT2D eigenvalue weighted by Crippen LogP contribution is -1.82. The third-order valence-electron chi connectivity index (χ3n) is 1.63. The van der Waals surface area contributed by atoms with Crippen molar-refractivity contribution in [1.82, 2.24) is 0 Å². The van der Waals surface area contributed by atoms with E-state index < -0.39 is 0 Å². The van der Waals surface area contributed by atoms with Crippen LogP contribution in [0.25, 0.3) is 0 Å². The molecule has 2 heteroatoms. The molecule has 0 aliphatic heterocycles. The number of thiophene rings is 1.